The molecule has 1 saturated heterocycles. The van der Waals surface area contributed by atoms with E-state index < -0.39 is 0 Å². The van der Waals surface area contributed by atoms with Crippen molar-refractivity contribution in [3.05, 3.63) is 35.4 Å². The summed E-state index contributed by atoms with van der Waals surface area (Å²) in [7, 11) is 1.82. The predicted octanol–water partition coefficient (Wildman–Crippen LogP) is 2.61. The van der Waals surface area contributed by atoms with Gasteiger partial charge in [0.05, 0.1) is 0 Å². The number of urea groups is 1. The van der Waals surface area contributed by atoms with Crippen molar-refractivity contribution in [2.24, 2.45) is 5.92 Å². The summed E-state index contributed by atoms with van der Waals surface area (Å²) < 4.78 is 0. The van der Waals surface area contributed by atoms with E-state index in [2.05, 4.69) is 43.4 Å². The van der Waals surface area contributed by atoms with Crippen LogP contribution in [-0.4, -0.2) is 55.0 Å². The second kappa shape index (κ2) is 8.18. The zero-order valence-corrected chi connectivity index (χ0v) is 15.2. The minimum Gasteiger partial charge on any atom is -0.343 e. The van der Waals surface area contributed by atoms with Gasteiger partial charge in [0.2, 0.25) is 5.91 Å². The van der Waals surface area contributed by atoms with Crippen LogP contribution < -0.4 is 5.32 Å². The van der Waals surface area contributed by atoms with E-state index in [0.29, 0.717) is 19.0 Å². The van der Waals surface area contributed by atoms with Crippen molar-refractivity contribution < 1.29 is 9.59 Å². The molecule has 0 unspecified atom stereocenters. The molecule has 24 heavy (non-hydrogen) atoms. The Kier molecular flexibility index (Phi) is 6.23. The van der Waals surface area contributed by atoms with Gasteiger partial charge in [0.15, 0.2) is 0 Å². The van der Waals surface area contributed by atoms with E-state index >= 15 is 0 Å². The summed E-state index contributed by atoms with van der Waals surface area (Å²) in [6.45, 7) is 8.68. The summed E-state index contributed by atoms with van der Waals surface area (Å²) in [5, 5.41) is 3.01. The molecule has 1 heterocycles. The fraction of sp³-hybridized carbons (Fsp3) is 0.579. The highest BCUT2D eigenvalue weighted by molar-refractivity contribution is 5.74. The molecule has 132 valence electrons. The maximum atomic E-state index is 12.3. The Bertz CT molecular complexity index is 588. The van der Waals surface area contributed by atoms with Crippen molar-refractivity contribution in [3.63, 3.8) is 0 Å². The van der Waals surface area contributed by atoms with E-state index in [1.165, 1.54) is 11.1 Å². The van der Waals surface area contributed by atoms with Crippen LogP contribution in [0.15, 0.2) is 24.3 Å². The highest BCUT2D eigenvalue weighted by atomic mass is 16.2. The first kappa shape index (κ1) is 18.3. The van der Waals surface area contributed by atoms with Crippen LogP contribution in [0.5, 0.6) is 0 Å². The standard InChI is InChI=1S/C19H29N3O2/c1-14-6-5-7-18(10-14)15(2)11-20-19(24)21(4)12-17-8-9-22(13-17)16(3)23/h5-7,10,15,17H,8-9,11-13H2,1-4H3,(H,20,24)/t15-,17-/m1/s1. The molecule has 1 N–H and O–H groups in total. The first-order chi connectivity index (χ1) is 11.4. The third-order valence-corrected chi connectivity index (χ3v) is 4.78. The number of nitrogens with zero attached hydrogens (tertiary/aromatic N) is 2. The maximum Gasteiger partial charge on any atom is 0.317 e. The zero-order chi connectivity index (χ0) is 17.7. The number of hydrogen-bond acceptors (Lipinski definition) is 2. The van der Waals surface area contributed by atoms with Crippen molar-refractivity contribution in [1.29, 1.82) is 0 Å². The molecular formula is C19H29N3O2. The Hall–Kier alpha value is -2.04. The Labute approximate surface area is 145 Å². The van der Waals surface area contributed by atoms with Crippen LogP contribution in [0.4, 0.5) is 4.79 Å². The third-order valence-electron chi connectivity index (χ3n) is 4.78. The molecule has 0 radical (unpaired) electrons. The van der Waals surface area contributed by atoms with E-state index in [0.717, 1.165) is 19.5 Å². The molecule has 5 nitrogen and oxygen atoms in total. The lowest BCUT2D eigenvalue weighted by Crippen LogP contribution is -2.41. The number of carbonyl (C=O) groups is 2. The van der Waals surface area contributed by atoms with Crippen molar-refractivity contribution in [2.45, 2.75) is 33.1 Å². The molecule has 1 fully saturated rings. The van der Waals surface area contributed by atoms with Gasteiger partial charge in [-0.3, -0.25) is 4.79 Å². The van der Waals surface area contributed by atoms with Crippen molar-refractivity contribution >= 4 is 11.9 Å². The molecule has 2 atom stereocenters. The molecule has 2 rings (SSSR count). The highest BCUT2D eigenvalue weighted by Crippen LogP contribution is 2.18. The third kappa shape index (κ3) is 4.98. The van der Waals surface area contributed by atoms with Crippen LogP contribution in [0.1, 0.15) is 37.3 Å². The lowest BCUT2D eigenvalue weighted by Gasteiger charge is -2.23. The number of amides is 3. The first-order valence-corrected chi connectivity index (χ1v) is 8.68. The van der Waals surface area contributed by atoms with Gasteiger partial charge in [0.1, 0.15) is 0 Å². The Morgan fingerprint density at radius 3 is 2.79 bits per heavy atom. The van der Waals surface area contributed by atoms with E-state index in [9.17, 15) is 9.59 Å². The zero-order valence-electron chi connectivity index (χ0n) is 15.2. The SMILES string of the molecule is CC(=O)N1CC[C@H](CN(C)C(=O)NC[C@@H](C)c2cccc(C)c2)C1. The molecule has 0 aliphatic carbocycles. The average Bonchev–Trinajstić information content (AvgIpc) is 3.01. The van der Waals surface area contributed by atoms with Crippen LogP contribution in [0.2, 0.25) is 0 Å². The quantitative estimate of drug-likeness (QED) is 0.902. The topological polar surface area (TPSA) is 52.7 Å². The Morgan fingerprint density at radius 1 is 1.42 bits per heavy atom. The summed E-state index contributed by atoms with van der Waals surface area (Å²) in [5.41, 5.74) is 2.48. The van der Waals surface area contributed by atoms with E-state index in [-0.39, 0.29) is 17.9 Å². The van der Waals surface area contributed by atoms with Crippen LogP contribution in [0.3, 0.4) is 0 Å². The number of aryl methyl sites for hydroxylation is 1. The monoisotopic (exact) mass is 331 g/mol. The average molecular weight is 331 g/mol. The highest BCUT2D eigenvalue weighted by Gasteiger charge is 2.26. The fourth-order valence-electron chi connectivity index (χ4n) is 3.21. The minimum atomic E-state index is -0.0456. The molecule has 5 heteroatoms. The van der Waals surface area contributed by atoms with Gasteiger partial charge in [-0.1, -0.05) is 36.8 Å². The number of hydrogen-bond donors (Lipinski definition) is 1. The summed E-state index contributed by atoms with van der Waals surface area (Å²) in [4.78, 5) is 27.3. The van der Waals surface area contributed by atoms with Crippen LogP contribution in [0, 0.1) is 12.8 Å². The molecule has 1 aromatic rings. The van der Waals surface area contributed by atoms with Crippen LogP contribution in [0.25, 0.3) is 0 Å². The first-order valence-electron chi connectivity index (χ1n) is 8.68. The number of benzene rings is 1. The van der Waals surface area contributed by atoms with Crippen molar-refractivity contribution in [3.8, 4) is 0 Å². The van der Waals surface area contributed by atoms with Gasteiger partial charge in [0, 0.05) is 40.2 Å². The molecule has 0 saturated carbocycles. The van der Waals surface area contributed by atoms with Crippen LogP contribution >= 0.6 is 0 Å². The van der Waals surface area contributed by atoms with Gasteiger partial charge in [-0.05, 0) is 30.7 Å². The summed E-state index contributed by atoms with van der Waals surface area (Å²) >= 11 is 0. The van der Waals surface area contributed by atoms with E-state index in [4.69, 9.17) is 0 Å². The Morgan fingerprint density at radius 2 is 2.17 bits per heavy atom. The largest absolute Gasteiger partial charge is 0.343 e. The van der Waals surface area contributed by atoms with Gasteiger partial charge in [-0.2, -0.15) is 0 Å². The molecule has 1 aliphatic heterocycles. The maximum absolute atomic E-state index is 12.3. The number of nitrogens with one attached hydrogen (secondary N) is 1. The normalized spacial score (nSPS) is 18.3. The second-order valence-electron chi connectivity index (χ2n) is 7.00. The van der Waals surface area contributed by atoms with E-state index in [1.807, 2.05) is 11.9 Å². The van der Waals surface area contributed by atoms with Gasteiger partial charge in [-0.25, -0.2) is 4.79 Å². The molecule has 1 aromatic carbocycles. The number of carbonyl (C=O) groups excluding carboxylic acids is 2. The summed E-state index contributed by atoms with van der Waals surface area (Å²) in [5.74, 6) is 0.775. The lowest BCUT2D eigenvalue weighted by molar-refractivity contribution is -0.127. The number of likely N-dealkylation sites (tertiary alicyclic amines) is 1. The van der Waals surface area contributed by atoms with Gasteiger partial charge in [0.25, 0.3) is 0 Å². The summed E-state index contributed by atoms with van der Waals surface area (Å²) in [6.07, 6.45) is 0.969. The lowest BCUT2D eigenvalue weighted by atomic mass is 9.99. The smallest absolute Gasteiger partial charge is 0.317 e. The second-order valence-corrected chi connectivity index (χ2v) is 7.00. The molecule has 0 bridgehead atoms. The van der Waals surface area contributed by atoms with Gasteiger partial charge < -0.3 is 15.1 Å². The van der Waals surface area contributed by atoms with E-state index in [1.54, 1.807) is 11.8 Å². The van der Waals surface area contributed by atoms with Crippen molar-refractivity contribution in [1.82, 2.24) is 15.1 Å². The van der Waals surface area contributed by atoms with Gasteiger partial charge in [-0.15, -0.1) is 0 Å². The summed E-state index contributed by atoms with van der Waals surface area (Å²) in [6, 6.07) is 8.35. The van der Waals surface area contributed by atoms with Crippen molar-refractivity contribution in [2.75, 3.05) is 33.2 Å². The molecule has 1 aliphatic rings. The van der Waals surface area contributed by atoms with Crippen LogP contribution in [-0.2, 0) is 4.79 Å². The fourth-order valence-corrected chi connectivity index (χ4v) is 3.21. The predicted molar refractivity (Wildman–Crippen MR) is 96.0 cm³/mol. The molecule has 0 spiro atoms. The Balaban J connectivity index is 1.76. The molecule has 3 amide bonds. The number of rotatable bonds is 5. The molecular weight excluding hydrogens is 302 g/mol. The minimum absolute atomic E-state index is 0.0456. The van der Waals surface area contributed by atoms with Gasteiger partial charge >= 0.3 is 6.03 Å². The molecule has 0 aromatic heterocycles.